The molecule has 4 heterocycles. The van der Waals surface area contributed by atoms with Gasteiger partial charge in [0, 0.05) is 58.4 Å². The van der Waals surface area contributed by atoms with Crippen LogP contribution in [0.1, 0.15) is 17.4 Å². The van der Waals surface area contributed by atoms with E-state index in [2.05, 4.69) is 218 Å². The smallest absolute Gasteiger partial charge is 0.170 e. The summed E-state index contributed by atoms with van der Waals surface area (Å²) in [6.45, 7) is 2.29. The standard InChI is InChI=1S/C64H40N4OS/c1-37-22-33-55-52(34-37)57-50(20-11-21-56(57)70-55)63-65-62(42-25-23-39(24-26-42)38-12-3-2-4-13-38)66-64(67-63)58-53(32-31-49-48-30-28-41-15-8-10-19-46(41)60(48)69-61(49)58)68-54-36-44-17-6-5-16-43(44)35-51(54)47-29-27-40-14-7-9-18-45(40)59(47)68/h2-33,35-37H,34H2,1H3. The highest BCUT2D eigenvalue weighted by molar-refractivity contribution is 7.20. The van der Waals surface area contributed by atoms with Gasteiger partial charge in [-0.15, -0.1) is 11.3 Å². The number of allylic oxidation sites excluding steroid dienone is 1. The highest BCUT2D eigenvalue weighted by atomic mass is 32.1. The van der Waals surface area contributed by atoms with Crippen molar-refractivity contribution < 1.29 is 4.42 Å². The van der Waals surface area contributed by atoms with E-state index in [4.69, 9.17) is 19.4 Å². The summed E-state index contributed by atoms with van der Waals surface area (Å²) < 4.78 is 11.0. The van der Waals surface area contributed by atoms with Gasteiger partial charge in [-0.25, -0.2) is 15.0 Å². The molecule has 0 saturated heterocycles. The van der Waals surface area contributed by atoms with Crippen LogP contribution in [0.25, 0.3) is 143 Å². The predicted molar refractivity (Wildman–Crippen MR) is 293 cm³/mol. The van der Waals surface area contributed by atoms with Crippen molar-refractivity contribution in [3.63, 3.8) is 0 Å². The van der Waals surface area contributed by atoms with Gasteiger partial charge in [0.1, 0.15) is 11.2 Å². The number of hydrogen-bond acceptors (Lipinski definition) is 5. The second kappa shape index (κ2) is 15.1. The molecule has 1 atom stereocenters. The van der Waals surface area contributed by atoms with E-state index < -0.39 is 0 Å². The zero-order chi connectivity index (χ0) is 46.0. The third-order valence-corrected chi connectivity index (χ3v) is 15.7. The maximum Gasteiger partial charge on any atom is 0.170 e. The van der Waals surface area contributed by atoms with Crippen LogP contribution >= 0.6 is 11.3 Å². The van der Waals surface area contributed by atoms with Crippen molar-refractivity contribution in [1.29, 1.82) is 0 Å². The Kier molecular flexibility index (Phi) is 8.50. The molecule has 70 heavy (non-hydrogen) atoms. The lowest BCUT2D eigenvalue weighted by Gasteiger charge is -2.17. The zero-order valence-electron chi connectivity index (χ0n) is 38.0. The largest absolute Gasteiger partial charge is 0.455 e. The molecule has 0 saturated carbocycles. The van der Waals surface area contributed by atoms with E-state index in [0.717, 1.165) is 89.1 Å². The minimum absolute atomic E-state index is 0.426. The zero-order valence-corrected chi connectivity index (χ0v) is 38.8. The van der Waals surface area contributed by atoms with E-state index in [1.807, 2.05) is 11.3 Å². The Balaban J connectivity index is 1.09. The summed E-state index contributed by atoms with van der Waals surface area (Å²) in [4.78, 5) is 18.0. The van der Waals surface area contributed by atoms with E-state index >= 15 is 0 Å². The highest BCUT2D eigenvalue weighted by Gasteiger charge is 2.27. The SMILES string of the molecule is CC1C=Cc2sc3cccc(-c4nc(-c5ccc(-c6ccccc6)cc5)nc(-c5c(-n6c7cc8ccccc8cc7c7ccc8ccccc8c76)ccc6c5oc5c7ccccc7ccc65)n4)c3c2C1. The van der Waals surface area contributed by atoms with Crippen molar-refractivity contribution in [3.05, 3.63) is 211 Å². The molecule has 14 aromatic rings. The lowest BCUT2D eigenvalue weighted by atomic mass is 9.92. The Morgan fingerprint density at radius 2 is 1.14 bits per heavy atom. The molecular formula is C64H40N4OS. The quantitative estimate of drug-likeness (QED) is 0.173. The molecule has 0 amide bonds. The topological polar surface area (TPSA) is 56.7 Å². The van der Waals surface area contributed by atoms with Gasteiger partial charge in [-0.3, -0.25) is 0 Å². The maximum atomic E-state index is 7.35. The molecule has 4 aromatic heterocycles. The number of hydrogen-bond donors (Lipinski definition) is 0. The molecule has 0 radical (unpaired) electrons. The van der Waals surface area contributed by atoms with Gasteiger partial charge in [-0.1, -0.05) is 171 Å². The lowest BCUT2D eigenvalue weighted by molar-refractivity contribution is 0.673. The Labute approximate surface area is 406 Å². The van der Waals surface area contributed by atoms with Gasteiger partial charge in [0.05, 0.1) is 22.3 Å². The average Bonchev–Trinajstić information content (AvgIpc) is 4.09. The molecule has 0 spiro atoms. The van der Waals surface area contributed by atoms with Crippen molar-refractivity contribution in [3.8, 4) is 51.0 Å². The van der Waals surface area contributed by atoms with Gasteiger partial charge < -0.3 is 8.98 Å². The van der Waals surface area contributed by atoms with Crippen LogP contribution in [0.15, 0.2) is 205 Å². The van der Waals surface area contributed by atoms with E-state index in [1.165, 1.54) is 47.5 Å². The molecule has 15 rings (SSSR count). The molecule has 1 aliphatic rings. The normalized spacial score (nSPS) is 13.8. The number of benzene rings is 10. The molecule has 1 unspecified atom stereocenters. The molecular weight excluding hydrogens is 873 g/mol. The van der Waals surface area contributed by atoms with E-state index in [9.17, 15) is 0 Å². The van der Waals surface area contributed by atoms with Crippen LogP contribution in [-0.4, -0.2) is 19.5 Å². The molecule has 0 aliphatic heterocycles. The third kappa shape index (κ3) is 5.93. The number of aromatic nitrogens is 4. The van der Waals surface area contributed by atoms with Crippen LogP contribution in [0.2, 0.25) is 0 Å². The first kappa shape index (κ1) is 39.3. The minimum atomic E-state index is 0.426. The van der Waals surface area contributed by atoms with Crippen molar-refractivity contribution in [2.45, 2.75) is 13.3 Å². The number of furan rings is 1. The number of thiophene rings is 1. The van der Waals surface area contributed by atoms with Crippen LogP contribution < -0.4 is 0 Å². The number of nitrogens with zero attached hydrogens (tertiary/aromatic N) is 4. The molecule has 0 N–H and O–H groups in total. The van der Waals surface area contributed by atoms with Crippen molar-refractivity contribution in [1.82, 2.24) is 19.5 Å². The van der Waals surface area contributed by atoms with Gasteiger partial charge in [-0.2, -0.15) is 0 Å². The maximum absolute atomic E-state index is 7.35. The summed E-state index contributed by atoms with van der Waals surface area (Å²) >= 11 is 1.84. The van der Waals surface area contributed by atoms with E-state index in [0.29, 0.717) is 23.4 Å². The second-order valence-corrected chi connectivity index (χ2v) is 19.8. The minimum Gasteiger partial charge on any atom is -0.455 e. The van der Waals surface area contributed by atoms with Gasteiger partial charge in [0.2, 0.25) is 0 Å². The van der Waals surface area contributed by atoms with Crippen LogP contribution in [-0.2, 0) is 6.42 Å². The van der Waals surface area contributed by atoms with Gasteiger partial charge in [-0.05, 0) is 93.0 Å². The lowest BCUT2D eigenvalue weighted by Crippen LogP contribution is -2.05. The third-order valence-electron chi connectivity index (χ3n) is 14.6. The van der Waals surface area contributed by atoms with E-state index in [-0.39, 0.29) is 0 Å². The van der Waals surface area contributed by atoms with Gasteiger partial charge in [0.25, 0.3) is 0 Å². The molecule has 0 fully saturated rings. The molecule has 0 bridgehead atoms. The van der Waals surface area contributed by atoms with Crippen LogP contribution in [0, 0.1) is 5.92 Å². The van der Waals surface area contributed by atoms with Crippen LogP contribution in [0.3, 0.4) is 0 Å². The Morgan fingerprint density at radius 3 is 1.97 bits per heavy atom. The van der Waals surface area contributed by atoms with E-state index in [1.54, 1.807) is 0 Å². The summed E-state index contributed by atoms with van der Waals surface area (Å²) in [6.07, 6.45) is 5.59. The summed E-state index contributed by atoms with van der Waals surface area (Å²) in [5.74, 6) is 2.19. The van der Waals surface area contributed by atoms with Crippen molar-refractivity contribution in [2.75, 3.05) is 0 Å². The average molecular weight is 913 g/mol. The van der Waals surface area contributed by atoms with Crippen LogP contribution in [0.5, 0.6) is 0 Å². The highest BCUT2D eigenvalue weighted by Crippen LogP contribution is 2.47. The molecule has 328 valence electrons. The molecule has 1 aliphatic carbocycles. The fraction of sp³-hybridized carbons (Fsp3) is 0.0469. The van der Waals surface area contributed by atoms with Gasteiger partial charge >= 0.3 is 0 Å². The van der Waals surface area contributed by atoms with Gasteiger partial charge in [0.15, 0.2) is 17.5 Å². The van der Waals surface area contributed by atoms with Crippen LogP contribution in [0.4, 0.5) is 0 Å². The Bertz CT molecular complexity index is 4520. The summed E-state index contributed by atoms with van der Waals surface area (Å²) in [5.41, 5.74) is 11.1. The molecule has 6 heteroatoms. The monoisotopic (exact) mass is 912 g/mol. The predicted octanol–water partition coefficient (Wildman–Crippen LogP) is 17.4. The fourth-order valence-corrected chi connectivity index (χ4v) is 12.4. The number of fused-ring (bicyclic) bond motifs is 14. The second-order valence-electron chi connectivity index (χ2n) is 18.8. The van der Waals surface area contributed by atoms with Crippen molar-refractivity contribution >= 4 is 104 Å². The molecule has 10 aromatic carbocycles. The van der Waals surface area contributed by atoms with Crippen molar-refractivity contribution in [2.24, 2.45) is 5.92 Å². The Hall–Kier alpha value is -8.71. The first-order chi connectivity index (χ1) is 34.6. The summed E-state index contributed by atoms with van der Waals surface area (Å²) in [6, 6.07) is 69.6. The first-order valence-electron chi connectivity index (χ1n) is 24.0. The number of rotatable bonds is 5. The first-order valence-corrected chi connectivity index (χ1v) is 24.8. The Morgan fingerprint density at radius 1 is 0.500 bits per heavy atom. The summed E-state index contributed by atoms with van der Waals surface area (Å²) in [5, 5.41) is 12.5. The summed E-state index contributed by atoms with van der Waals surface area (Å²) in [7, 11) is 0. The molecule has 5 nitrogen and oxygen atoms in total. The fourth-order valence-electron chi connectivity index (χ4n) is 11.2.